The maximum atomic E-state index is 14.4. The van der Waals surface area contributed by atoms with Crippen molar-refractivity contribution in [1.29, 1.82) is 0 Å². The Bertz CT molecular complexity index is 868. The summed E-state index contributed by atoms with van der Waals surface area (Å²) in [6.07, 6.45) is 5.65. The van der Waals surface area contributed by atoms with Crippen molar-refractivity contribution in [3.05, 3.63) is 29.3 Å². The Morgan fingerprint density at radius 1 is 1.28 bits per heavy atom. The molecule has 162 valence electrons. The molecular formula is C17H25ClFN5O3S2. The lowest BCUT2D eigenvalue weighted by molar-refractivity contribution is 0.209. The van der Waals surface area contributed by atoms with Crippen LogP contribution in [0.2, 0.25) is 5.02 Å². The van der Waals surface area contributed by atoms with Gasteiger partial charge in [-0.2, -0.15) is 4.37 Å². The Balaban J connectivity index is 1.87. The highest BCUT2D eigenvalue weighted by molar-refractivity contribution is 7.93. The molecule has 1 aromatic heterocycles. The minimum atomic E-state index is -4.16. The first-order valence-electron chi connectivity index (χ1n) is 9.20. The van der Waals surface area contributed by atoms with E-state index in [2.05, 4.69) is 19.4 Å². The molecule has 0 saturated heterocycles. The van der Waals surface area contributed by atoms with Crippen molar-refractivity contribution in [2.24, 2.45) is 11.7 Å². The van der Waals surface area contributed by atoms with Crippen molar-refractivity contribution in [3.8, 4) is 0 Å². The largest absolute Gasteiger partial charge is 0.396 e. The number of sulfonamides is 1. The van der Waals surface area contributed by atoms with Gasteiger partial charge in [-0.25, -0.2) is 17.8 Å². The molecule has 29 heavy (non-hydrogen) atoms. The highest BCUT2D eigenvalue weighted by Gasteiger charge is 2.22. The molecule has 0 saturated carbocycles. The summed E-state index contributed by atoms with van der Waals surface area (Å²) >= 11 is 6.98. The van der Waals surface area contributed by atoms with Crippen LogP contribution in [0.1, 0.15) is 32.1 Å². The SMILES string of the molecule is NCC[C@@H](CO)CCCCCNc1cc(F)c(S(=O)(=O)Nc2ncns2)cc1Cl. The lowest BCUT2D eigenvalue weighted by atomic mass is 9.99. The molecule has 0 radical (unpaired) electrons. The first kappa shape index (κ1) is 23.7. The van der Waals surface area contributed by atoms with E-state index in [4.69, 9.17) is 17.3 Å². The van der Waals surface area contributed by atoms with Gasteiger partial charge in [0.2, 0.25) is 5.13 Å². The summed E-state index contributed by atoms with van der Waals surface area (Å²) in [6.45, 7) is 1.28. The minimum absolute atomic E-state index is 0.0395. The van der Waals surface area contributed by atoms with Crippen molar-refractivity contribution >= 4 is 44.0 Å². The quantitative estimate of drug-likeness (QED) is 0.334. The van der Waals surface area contributed by atoms with Crippen molar-refractivity contribution in [2.75, 3.05) is 29.7 Å². The van der Waals surface area contributed by atoms with Crippen LogP contribution >= 0.6 is 23.1 Å². The molecule has 1 aromatic carbocycles. The number of rotatable bonds is 13. The van der Waals surface area contributed by atoms with Crippen LogP contribution in [0.15, 0.2) is 23.4 Å². The number of aliphatic hydroxyl groups excluding tert-OH is 1. The molecular weight excluding hydrogens is 441 g/mol. The second-order valence-electron chi connectivity index (χ2n) is 6.52. The molecule has 0 bridgehead atoms. The number of aliphatic hydroxyl groups is 1. The first-order valence-corrected chi connectivity index (χ1v) is 11.8. The number of hydrogen-bond donors (Lipinski definition) is 4. The van der Waals surface area contributed by atoms with Gasteiger partial charge in [0.25, 0.3) is 10.0 Å². The number of benzene rings is 1. The van der Waals surface area contributed by atoms with Crippen LogP contribution in [0.3, 0.4) is 0 Å². The first-order chi connectivity index (χ1) is 13.9. The van der Waals surface area contributed by atoms with Crippen LogP contribution in [0, 0.1) is 11.7 Å². The maximum Gasteiger partial charge on any atom is 0.266 e. The zero-order valence-corrected chi connectivity index (χ0v) is 18.2. The molecule has 0 unspecified atom stereocenters. The van der Waals surface area contributed by atoms with E-state index in [0.717, 1.165) is 55.8 Å². The molecule has 1 heterocycles. The van der Waals surface area contributed by atoms with Crippen molar-refractivity contribution in [1.82, 2.24) is 9.36 Å². The molecule has 0 aliphatic carbocycles. The Labute approximate surface area is 178 Å². The van der Waals surface area contributed by atoms with Crippen molar-refractivity contribution in [2.45, 2.75) is 37.0 Å². The Kier molecular flexibility index (Phi) is 9.50. The number of nitrogens with zero attached hydrogens (tertiary/aromatic N) is 2. The molecule has 0 fully saturated rings. The summed E-state index contributed by atoms with van der Waals surface area (Å²) in [6, 6.07) is 2.14. The Morgan fingerprint density at radius 2 is 2.07 bits per heavy atom. The van der Waals surface area contributed by atoms with Gasteiger partial charge in [0.15, 0.2) is 0 Å². The van der Waals surface area contributed by atoms with Gasteiger partial charge < -0.3 is 16.2 Å². The number of hydrogen-bond acceptors (Lipinski definition) is 8. The highest BCUT2D eigenvalue weighted by atomic mass is 35.5. The molecule has 8 nitrogen and oxygen atoms in total. The van der Waals surface area contributed by atoms with E-state index in [1.54, 1.807) is 0 Å². The average molecular weight is 466 g/mol. The van der Waals surface area contributed by atoms with Crippen LogP contribution < -0.4 is 15.8 Å². The third kappa shape index (κ3) is 7.34. The highest BCUT2D eigenvalue weighted by Crippen LogP contribution is 2.29. The van der Waals surface area contributed by atoms with Crippen LogP contribution in [-0.2, 0) is 10.0 Å². The van der Waals surface area contributed by atoms with E-state index in [0.29, 0.717) is 18.8 Å². The monoisotopic (exact) mass is 465 g/mol. The summed E-state index contributed by atoms with van der Waals surface area (Å²) in [5.74, 6) is -0.679. The van der Waals surface area contributed by atoms with Gasteiger partial charge in [0.05, 0.1) is 10.7 Å². The molecule has 0 amide bonds. The molecule has 0 spiro atoms. The van der Waals surface area contributed by atoms with Gasteiger partial charge in [-0.3, -0.25) is 4.72 Å². The predicted molar refractivity (Wildman–Crippen MR) is 113 cm³/mol. The van der Waals surface area contributed by atoms with E-state index < -0.39 is 20.7 Å². The fraction of sp³-hybridized carbons (Fsp3) is 0.529. The zero-order valence-electron chi connectivity index (χ0n) is 15.8. The lowest BCUT2D eigenvalue weighted by Crippen LogP contribution is -2.15. The smallest absolute Gasteiger partial charge is 0.266 e. The maximum absolute atomic E-state index is 14.4. The number of nitrogens with two attached hydrogens (primary N) is 1. The summed E-state index contributed by atoms with van der Waals surface area (Å²) < 4.78 is 44.9. The fourth-order valence-corrected chi connectivity index (χ4v) is 4.82. The molecule has 5 N–H and O–H groups in total. The number of unbranched alkanes of at least 4 members (excludes halogenated alkanes) is 2. The van der Waals surface area contributed by atoms with Crippen molar-refractivity contribution in [3.63, 3.8) is 0 Å². The summed E-state index contributed by atoms with van der Waals surface area (Å²) in [5.41, 5.74) is 5.84. The van der Waals surface area contributed by atoms with Crippen molar-refractivity contribution < 1.29 is 17.9 Å². The second kappa shape index (κ2) is 11.6. The van der Waals surface area contributed by atoms with E-state index in [1.165, 1.54) is 6.33 Å². The summed E-state index contributed by atoms with van der Waals surface area (Å²) in [4.78, 5) is 3.16. The van der Waals surface area contributed by atoms with Gasteiger partial charge in [-0.05, 0) is 43.9 Å². The molecule has 0 aliphatic heterocycles. The molecule has 0 aliphatic rings. The van der Waals surface area contributed by atoms with Gasteiger partial charge in [0.1, 0.15) is 17.0 Å². The molecule has 12 heteroatoms. The topological polar surface area (TPSA) is 130 Å². The van der Waals surface area contributed by atoms with E-state index in [9.17, 15) is 17.9 Å². The number of anilines is 2. The minimum Gasteiger partial charge on any atom is -0.396 e. The normalized spacial score (nSPS) is 12.7. The van der Waals surface area contributed by atoms with Crippen LogP contribution in [0.5, 0.6) is 0 Å². The third-order valence-corrected chi connectivity index (χ3v) is 6.71. The second-order valence-corrected chi connectivity index (χ2v) is 9.35. The fourth-order valence-electron chi connectivity index (χ4n) is 2.78. The third-order valence-electron chi connectivity index (χ3n) is 4.33. The predicted octanol–water partition coefficient (Wildman–Crippen LogP) is 3.06. The molecule has 1 atom stereocenters. The zero-order chi connectivity index (χ0) is 21.3. The average Bonchev–Trinajstić information content (AvgIpc) is 3.17. The van der Waals surface area contributed by atoms with Crippen LogP contribution in [0.4, 0.5) is 15.2 Å². The number of aromatic nitrogens is 2. The van der Waals surface area contributed by atoms with Gasteiger partial charge in [-0.15, -0.1) is 0 Å². The standard InChI is InChI=1S/C17H25ClFN5O3S2/c18-13-8-16(29(26,27)24-17-22-11-23-28-17)14(19)9-15(13)21-7-3-1-2-4-12(10-25)5-6-20/h8-9,11-12,21,25H,1-7,10,20H2,(H,22,23,24)/t12-/m0/s1. The Hall–Kier alpha value is -1.53. The summed E-state index contributed by atoms with van der Waals surface area (Å²) in [5, 5.41) is 12.4. The summed E-state index contributed by atoms with van der Waals surface area (Å²) in [7, 11) is -4.16. The van der Waals surface area contributed by atoms with E-state index in [1.807, 2.05) is 0 Å². The van der Waals surface area contributed by atoms with Crippen LogP contribution in [-0.4, -0.2) is 42.6 Å². The molecule has 2 rings (SSSR count). The van der Waals surface area contributed by atoms with Crippen LogP contribution in [0.25, 0.3) is 0 Å². The van der Waals surface area contributed by atoms with Gasteiger partial charge >= 0.3 is 0 Å². The van der Waals surface area contributed by atoms with E-state index >= 15 is 0 Å². The van der Waals surface area contributed by atoms with Gasteiger partial charge in [-0.1, -0.05) is 24.4 Å². The van der Waals surface area contributed by atoms with Gasteiger partial charge in [0, 0.05) is 24.7 Å². The Morgan fingerprint density at radius 3 is 2.72 bits per heavy atom. The lowest BCUT2D eigenvalue weighted by Gasteiger charge is -2.13. The van der Waals surface area contributed by atoms with E-state index in [-0.39, 0.29) is 22.7 Å². The number of halogens is 2. The molecule has 2 aromatic rings. The number of nitrogens with one attached hydrogen (secondary N) is 2.